The number of imidazole rings is 1. The molecular formula is C32H34N6O3. The van der Waals surface area contributed by atoms with Crippen LogP contribution >= 0.6 is 0 Å². The number of piperidine rings is 1. The summed E-state index contributed by atoms with van der Waals surface area (Å²) >= 11 is 0. The van der Waals surface area contributed by atoms with Gasteiger partial charge in [0.1, 0.15) is 5.70 Å². The van der Waals surface area contributed by atoms with Gasteiger partial charge in [-0.25, -0.2) is 9.78 Å². The molecule has 1 aromatic carbocycles. The predicted molar refractivity (Wildman–Crippen MR) is 159 cm³/mol. The van der Waals surface area contributed by atoms with E-state index >= 15 is 0 Å². The van der Waals surface area contributed by atoms with E-state index in [9.17, 15) is 9.59 Å². The molecule has 7 rings (SSSR count). The second-order valence-corrected chi connectivity index (χ2v) is 11.1. The number of rotatable bonds is 6. The average Bonchev–Trinajstić information content (AvgIpc) is 3.71. The zero-order valence-corrected chi connectivity index (χ0v) is 23.0. The molecule has 0 radical (unpaired) electrons. The second kappa shape index (κ2) is 11.0. The maximum Gasteiger partial charge on any atom is 0.327 e. The van der Waals surface area contributed by atoms with Crippen LogP contribution in [-0.4, -0.2) is 61.8 Å². The monoisotopic (exact) mass is 550 g/mol. The van der Waals surface area contributed by atoms with Gasteiger partial charge in [0.15, 0.2) is 5.65 Å². The fourth-order valence-corrected chi connectivity index (χ4v) is 6.48. The first-order valence-corrected chi connectivity index (χ1v) is 14.6. The molecule has 0 aliphatic carbocycles. The standard InChI is InChI=1S/C32H34N6O3/c39-30(26-21-37(20-24-8-6-18-41-24)28-10-2-1-9-25(26)28)27-19-23(7-3-4-14-33-27)36-16-12-22(13-17-36)38-29-11-5-15-34-31(29)35-32(38)40/h1-2,5,7,9-11,14-15,19,21-22,24H,3-4,6,8,12-13,16-18,20H2,(H,34,35,40)/b23-7+,27-19-,33-14?. The molecule has 4 aromatic rings. The summed E-state index contributed by atoms with van der Waals surface area (Å²) in [5, 5.41) is 0.943. The molecule has 9 nitrogen and oxygen atoms in total. The van der Waals surface area contributed by atoms with Crippen molar-refractivity contribution in [3.05, 3.63) is 88.4 Å². The highest BCUT2D eigenvalue weighted by Gasteiger charge is 2.26. The van der Waals surface area contributed by atoms with Gasteiger partial charge in [-0.2, -0.15) is 0 Å². The van der Waals surface area contributed by atoms with Gasteiger partial charge in [0.25, 0.3) is 0 Å². The summed E-state index contributed by atoms with van der Waals surface area (Å²) in [5.74, 6) is -0.0657. The zero-order chi connectivity index (χ0) is 27.8. The lowest BCUT2D eigenvalue weighted by Crippen LogP contribution is -2.36. The van der Waals surface area contributed by atoms with Gasteiger partial charge in [-0.1, -0.05) is 24.3 Å². The summed E-state index contributed by atoms with van der Waals surface area (Å²) in [6, 6.07) is 12.0. The van der Waals surface area contributed by atoms with Crippen LogP contribution in [0.25, 0.3) is 22.1 Å². The molecule has 0 spiro atoms. The van der Waals surface area contributed by atoms with E-state index in [1.54, 1.807) is 6.20 Å². The number of aliphatic imine (C=N–C) groups is 1. The van der Waals surface area contributed by atoms with Crippen molar-refractivity contribution in [3.8, 4) is 0 Å². The summed E-state index contributed by atoms with van der Waals surface area (Å²) in [6.45, 7) is 3.13. The van der Waals surface area contributed by atoms with Crippen LogP contribution in [0.4, 0.5) is 0 Å². The molecule has 2 saturated heterocycles. The van der Waals surface area contributed by atoms with Crippen LogP contribution in [0.5, 0.6) is 0 Å². The first kappa shape index (κ1) is 25.7. The SMILES string of the molecule is O=C(/C1=C/C(N2CCC(n3c(=O)[nH]c4ncccc43)CC2)=C\CCC=N1)c1cn(CC2CCCO2)c2ccccc12. The van der Waals surface area contributed by atoms with Crippen LogP contribution in [0.3, 0.4) is 0 Å². The fraction of sp³-hybridized carbons (Fsp3) is 0.375. The number of aromatic nitrogens is 4. The van der Waals surface area contributed by atoms with Crippen molar-refractivity contribution in [1.82, 2.24) is 24.0 Å². The number of benzene rings is 1. The minimum Gasteiger partial charge on any atom is -0.376 e. The van der Waals surface area contributed by atoms with E-state index in [1.807, 2.05) is 53.4 Å². The molecule has 41 heavy (non-hydrogen) atoms. The highest BCUT2D eigenvalue weighted by Crippen LogP contribution is 2.30. The number of pyridine rings is 1. The lowest BCUT2D eigenvalue weighted by molar-refractivity contribution is 0.0975. The number of nitrogens with zero attached hydrogens (tertiary/aromatic N) is 5. The van der Waals surface area contributed by atoms with Gasteiger partial charge in [0.2, 0.25) is 5.78 Å². The number of fused-ring (bicyclic) bond motifs is 2. The van der Waals surface area contributed by atoms with Crippen LogP contribution in [0.2, 0.25) is 0 Å². The Kier molecular flexibility index (Phi) is 6.88. The molecule has 210 valence electrons. The third-order valence-electron chi connectivity index (χ3n) is 8.54. The molecule has 3 aliphatic heterocycles. The molecule has 0 bridgehead atoms. The van der Waals surface area contributed by atoms with Crippen molar-refractivity contribution in [3.63, 3.8) is 0 Å². The van der Waals surface area contributed by atoms with E-state index in [4.69, 9.17) is 4.74 Å². The van der Waals surface area contributed by atoms with Crippen molar-refractivity contribution >= 4 is 34.1 Å². The van der Waals surface area contributed by atoms with Gasteiger partial charge in [-0.15, -0.1) is 0 Å². The molecule has 6 heterocycles. The molecule has 1 unspecified atom stereocenters. The van der Waals surface area contributed by atoms with E-state index < -0.39 is 0 Å². The Labute approximate surface area is 237 Å². The highest BCUT2D eigenvalue weighted by molar-refractivity contribution is 6.16. The largest absolute Gasteiger partial charge is 0.376 e. The van der Waals surface area contributed by atoms with Crippen molar-refractivity contribution < 1.29 is 9.53 Å². The molecule has 1 N–H and O–H groups in total. The maximum atomic E-state index is 14.0. The van der Waals surface area contributed by atoms with Gasteiger partial charge < -0.3 is 14.2 Å². The predicted octanol–water partition coefficient (Wildman–Crippen LogP) is 5.01. The Hall–Kier alpha value is -4.24. The minimum absolute atomic E-state index is 0.0657. The van der Waals surface area contributed by atoms with Gasteiger partial charge in [-0.05, 0) is 62.8 Å². The molecule has 0 saturated carbocycles. The first-order valence-electron chi connectivity index (χ1n) is 14.6. The van der Waals surface area contributed by atoms with Gasteiger partial charge in [0, 0.05) is 73.1 Å². The summed E-state index contributed by atoms with van der Waals surface area (Å²) in [5.41, 5.74) is 4.57. The Bertz CT molecular complexity index is 1740. The van der Waals surface area contributed by atoms with E-state index in [-0.39, 0.29) is 23.6 Å². The number of Topliss-reactive ketones (excluding diaryl/α,β-unsaturated/α-hetero) is 1. The number of aromatic amines is 1. The number of ketones is 1. The normalized spacial score (nSPS) is 22.8. The summed E-state index contributed by atoms with van der Waals surface area (Å²) in [6.07, 6.45) is 15.3. The van der Waals surface area contributed by atoms with Gasteiger partial charge in [-0.3, -0.25) is 19.3 Å². The van der Waals surface area contributed by atoms with Crippen molar-refractivity contribution in [2.75, 3.05) is 19.7 Å². The number of hydrogen-bond acceptors (Lipinski definition) is 6. The van der Waals surface area contributed by atoms with Crippen molar-refractivity contribution in [2.45, 2.75) is 57.2 Å². The zero-order valence-electron chi connectivity index (χ0n) is 23.0. The number of para-hydroxylation sites is 1. The molecule has 1 atom stereocenters. The van der Waals surface area contributed by atoms with Crippen LogP contribution in [0.1, 0.15) is 54.9 Å². The fourth-order valence-electron chi connectivity index (χ4n) is 6.48. The van der Waals surface area contributed by atoms with Crippen molar-refractivity contribution in [1.29, 1.82) is 0 Å². The highest BCUT2D eigenvalue weighted by atomic mass is 16.5. The van der Waals surface area contributed by atoms with Crippen molar-refractivity contribution in [2.24, 2.45) is 4.99 Å². The summed E-state index contributed by atoms with van der Waals surface area (Å²) in [4.78, 5) is 40.9. The number of H-pyrrole nitrogens is 1. The number of ether oxygens (including phenoxy) is 1. The number of carbonyl (C=O) groups is 1. The number of allylic oxidation sites excluding steroid dienone is 3. The van der Waals surface area contributed by atoms with E-state index in [2.05, 4.69) is 36.6 Å². The molecule has 2 fully saturated rings. The van der Waals surface area contributed by atoms with E-state index in [0.717, 1.165) is 86.9 Å². The Balaban J connectivity index is 1.14. The van der Waals surface area contributed by atoms with Gasteiger partial charge in [0.05, 0.1) is 11.6 Å². The third kappa shape index (κ3) is 4.95. The average molecular weight is 551 g/mol. The number of carbonyl (C=O) groups excluding carboxylic acids is 1. The molecule has 9 heteroatoms. The smallest absolute Gasteiger partial charge is 0.327 e. The Morgan fingerprint density at radius 3 is 2.76 bits per heavy atom. The topological polar surface area (TPSA) is 97.5 Å². The molecule has 3 aliphatic rings. The minimum atomic E-state index is -0.108. The first-order chi connectivity index (χ1) is 20.2. The summed E-state index contributed by atoms with van der Waals surface area (Å²) in [7, 11) is 0. The Morgan fingerprint density at radius 1 is 1.05 bits per heavy atom. The quantitative estimate of drug-likeness (QED) is 0.341. The number of hydrogen-bond donors (Lipinski definition) is 1. The van der Waals surface area contributed by atoms with Gasteiger partial charge >= 0.3 is 5.69 Å². The number of nitrogens with one attached hydrogen (secondary N) is 1. The lowest BCUT2D eigenvalue weighted by Gasteiger charge is -2.35. The Morgan fingerprint density at radius 2 is 1.90 bits per heavy atom. The van der Waals surface area contributed by atoms with Crippen LogP contribution < -0.4 is 5.69 Å². The van der Waals surface area contributed by atoms with E-state index in [0.29, 0.717) is 16.9 Å². The third-order valence-corrected chi connectivity index (χ3v) is 8.54. The molecular weight excluding hydrogens is 516 g/mol. The summed E-state index contributed by atoms with van der Waals surface area (Å²) < 4.78 is 9.90. The van der Waals surface area contributed by atoms with E-state index in [1.165, 1.54) is 0 Å². The molecule has 3 aromatic heterocycles. The van der Waals surface area contributed by atoms with Crippen LogP contribution in [0.15, 0.2) is 82.1 Å². The molecule has 0 amide bonds. The maximum absolute atomic E-state index is 14.0. The second-order valence-electron chi connectivity index (χ2n) is 11.1. The van der Waals surface area contributed by atoms with Crippen LogP contribution in [-0.2, 0) is 11.3 Å². The van der Waals surface area contributed by atoms with Crippen LogP contribution in [0, 0.1) is 0 Å². The number of likely N-dealkylation sites (tertiary alicyclic amines) is 1. The lowest BCUT2D eigenvalue weighted by atomic mass is 10.0.